The molecule has 0 radical (unpaired) electrons. The predicted molar refractivity (Wildman–Crippen MR) is 87.0 cm³/mol. The fraction of sp³-hybridized carbons (Fsp3) is 0.625. The van der Waals surface area contributed by atoms with Crippen LogP contribution >= 0.6 is 0 Å². The lowest BCUT2D eigenvalue weighted by atomic mass is 10.2. The highest BCUT2D eigenvalue weighted by atomic mass is 15.2. The first-order chi connectivity index (χ1) is 8.54. The number of para-hydroxylation sites is 2. The van der Waals surface area contributed by atoms with Crippen LogP contribution in [0.3, 0.4) is 0 Å². The van der Waals surface area contributed by atoms with Crippen molar-refractivity contribution in [2.45, 2.75) is 47.6 Å². The molecule has 0 amide bonds. The molecule has 0 N–H and O–H groups in total. The largest absolute Gasteiger partial charge is 0.376 e. The summed E-state index contributed by atoms with van der Waals surface area (Å²) in [6.45, 7) is 12.4. The molecule has 0 aliphatic rings. The summed E-state index contributed by atoms with van der Waals surface area (Å²) in [4.78, 5) is 4.43. The van der Waals surface area contributed by atoms with E-state index in [4.69, 9.17) is 0 Å². The van der Waals surface area contributed by atoms with Crippen LogP contribution in [0.2, 0.25) is 0 Å². The Morgan fingerprint density at radius 3 is 1.50 bits per heavy atom. The quantitative estimate of drug-likeness (QED) is 0.772. The first-order valence-electron chi connectivity index (χ1n) is 7.03. The van der Waals surface area contributed by atoms with Gasteiger partial charge in [0.1, 0.15) is 0 Å². The monoisotopic (exact) mass is 252 g/mol. The van der Waals surface area contributed by atoms with Crippen LogP contribution in [-0.2, 0) is 0 Å². The average molecular weight is 252 g/mol. The van der Waals surface area contributed by atoms with Gasteiger partial charge in [-0.05, 0) is 26.0 Å². The predicted octanol–water partition coefficient (Wildman–Crippen LogP) is 4.65. The summed E-state index contributed by atoms with van der Waals surface area (Å²) in [5, 5.41) is 0. The molecule has 0 aliphatic heterocycles. The molecule has 1 aromatic rings. The molecule has 0 atom stereocenters. The zero-order valence-corrected chi connectivity index (χ0v) is 13.8. The van der Waals surface area contributed by atoms with Crippen LogP contribution in [0.5, 0.6) is 0 Å². The highest BCUT2D eigenvalue weighted by Gasteiger charge is 2.10. The minimum Gasteiger partial charge on any atom is -0.376 e. The molecular weight excluding hydrogens is 220 g/mol. The Labute approximate surface area is 115 Å². The second-order valence-corrected chi connectivity index (χ2v) is 4.09. The van der Waals surface area contributed by atoms with Crippen molar-refractivity contribution in [2.24, 2.45) is 0 Å². The van der Waals surface area contributed by atoms with Crippen LogP contribution in [0.25, 0.3) is 0 Å². The third-order valence-electron chi connectivity index (χ3n) is 2.52. The Morgan fingerprint density at radius 2 is 1.17 bits per heavy atom. The van der Waals surface area contributed by atoms with Gasteiger partial charge in [0.05, 0.1) is 11.4 Å². The van der Waals surface area contributed by atoms with Crippen molar-refractivity contribution < 1.29 is 0 Å². The number of anilines is 2. The summed E-state index contributed by atoms with van der Waals surface area (Å²) in [6, 6.07) is 8.99. The highest BCUT2D eigenvalue weighted by Crippen LogP contribution is 2.27. The molecule has 106 valence electrons. The Bertz CT molecular complexity index is 293. The van der Waals surface area contributed by atoms with Gasteiger partial charge in [-0.25, -0.2) is 0 Å². The summed E-state index contributed by atoms with van der Waals surface area (Å²) < 4.78 is 0. The Morgan fingerprint density at radius 1 is 0.778 bits per heavy atom. The summed E-state index contributed by atoms with van der Waals surface area (Å²) in [5.74, 6) is 0. The van der Waals surface area contributed by atoms with E-state index in [9.17, 15) is 0 Å². The third kappa shape index (κ3) is 5.95. The molecule has 1 aromatic carbocycles. The van der Waals surface area contributed by atoms with Gasteiger partial charge in [-0.1, -0.05) is 39.8 Å². The second-order valence-electron chi connectivity index (χ2n) is 4.09. The summed E-state index contributed by atoms with van der Waals surface area (Å²) in [7, 11) is 6.28. The Kier molecular flexibility index (Phi) is 11.7. The van der Waals surface area contributed by atoms with Crippen LogP contribution in [-0.4, -0.2) is 27.2 Å². The molecule has 0 aromatic heterocycles. The van der Waals surface area contributed by atoms with E-state index in [1.165, 1.54) is 11.4 Å². The fourth-order valence-corrected chi connectivity index (χ4v) is 1.42. The van der Waals surface area contributed by atoms with Crippen LogP contribution in [0.1, 0.15) is 41.5 Å². The number of nitrogens with zero attached hydrogens (tertiary/aromatic N) is 2. The molecule has 0 aliphatic carbocycles. The summed E-state index contributed by atoms with van der Waals surface area (Å²) in [6.07, 6.45) is 0. The molecule has 2 nitrogen and oxygen atoms in total. The van der Waals surface area contributed by atoms with E-state index in [0.717, 1.165) is 0 Å². The van der Waals surface area contributed by atoms with Crippen LogP contribution in [0.15, 0.2) is 24.3 Å². The maximum Gasteiger partial charge on any atom is 0.0603 e. The van der Waals surface area contributed by atoms with E-state index in [2.05, 4.69) is 69.1 Å². The SMILES string of the molecule is CC.CC.CC(C)N(C)c1ccccc1N(C)C. The minimum absolute atomic E-state index is 0.524. The molecular formula is C16H32N2. The molecule has 0 saturated carbocycles. The zero-order chi connectivity index (χ0) is 14.7. The number of rotatable bonds is 3. The normalized spacial score (nSPS) is 8.78. The number of hydrogen-bond acceptors (Lipinski definition) is 2. The van der Waals surface area contributed by atoms with Gasteiger partial charge >= 0.3 is 0 Å². The Hall–Kier alpha value is -1.18. The van der Waals surface area contributed by atoms with Crippen LogP contribution < -0.4 is 9.80 Å². The third-order valence-corrected chi connectivity index (χ3v) is 2.52. The number of benzene rings is 1. The van der Waals surface area contributed by atoms with E-state index < -0.39 is 0 Å². The first-order valence-corrected chi connectivity index (χ1v) is 7.03. The van der Waals surface area contributed by atoms with Crippen LogP contribution in [0.4, 0.5) is 11.4 Å². The molecule has 2 heteroatoms. The fourth-order valence-electron chi connectivity index (χ4n) is 1.42. The molecule has 0 spiro atoms. The second kappa shape index (κ2) is 10.9. The molecule has 0 heterocycles. The molecule has 1 rings (SSSR count). The smallest absolute Gasteiger partial charge is 0.0603 e. The zero-order valence-electron chi connectivity index (χ0n) is 13.8. The van der Waals surface area contributed by atoms with Crippen molar-refractivity contribution in [3.05, 3.63) is 24.3 Å². The van der Waals surface area contributed by atoms with Crippen molar-refractivity contribution in [2.75, 3.05) is 30.9 Å². The van der Waals surface area contributed by atoms with E-state index >= 15 is 0 Å². The van der Waals surface area contributed by atoms with Gasteiger partial charge < -0.3 is 9.80 Å². The lowest BCUT2D eigenvalue weighted by molar-refractivity contribution is 0.754. The molecule has 0 bridgehead atoms. The molecule has 0 saturated heterocycles. The molecule has 0 unspecified atom stereocenters. The van der Waals surface area contributed by atoms with E-state index in [1.807, 2.05) is 27.7 Å². The van der Waals surface area contributed by atoms with Gasteiger partial charge in [-0.3, -0.25) is 0 Å². The van der Waals surface area contributed by atoms with Gasteiger partial charge in [0.25, 0.3) is 0 Å². The van der Waals surface area contributed by atoms with E-state index in [1.54, 1.807) is 0 Å². The summed E-state index contributed by atoms with van der Waals surface area (Å²) >= 11 is 0. The van der Waals surface area contributed by atoms with Crippen molar-refractivity contribution in [3.8, 4) is 0 Å². The lowest BCUT2D eigenvalue weighted by Crippen LogP contribution is -2.27. The van der Waals surface area contributed by atoms with E-state index in [-0.39, 0.29) is 0 Å². The standard InChI is InChI=1S/C12H20N2.2C2H6/c1-10(2)14(5)12-9-7-6-8-11(12)13(3)4;2*1-2/h6-10H,1-5H3;2*1-2H3. The van der Waals surface area contributed by atoms with Gasteiger partial charge in [-0.15, -0.1) is 0 Å². The molecule has 0 fully saturated rings. The van der Waals surface area contributed by atoms with Gasteiger partial charge in [-0.2, -0.15) is 0 Å². The maximum atomic E-state index is 2.29. The van der Waals surface area contributed by atoms with Gasteiger partial charge in [0.15, 0.2) is 0 Å². The van der Waals surface area contributed by atoms with Crippen molar-refractivity contribution in [1.29, 1.82) is 0 Å². The van der Waals surface area contributed by atoms with Crippen LogP contribution in [0, 0.1) is 0 Å². The topological polar surface area (TPSA) is 6.48 Å². The summed E-state index contributed by atoms with van der Waals surface area (Å²) in [5.41, 5.74) is 2.55. The molecule has 18 heavy (non-hydrogen) atoms. The van der Waals surface area contributed by atoms with Gasteiger partial charge in [0, 0.05) is 27.2 Å². The van der Waals surface area contributed by atoms with Crippen molar-refractivity contribution in [3.63, 3.8) is 0 Å². The van der Waals surface area contributed by atoms with Gasteiger partial charge in [0.2, 0.25) is 0 Å². The first kappa shape index (κ1) is 19.2. The van der Waals surface area contributed by atoms with E-state index in [0.29, 0.717) is 6.04 Å². The highest BCUT2D eigenvalue weighted by molar-refractivity contribution is 5.70. The number of hydrogen-bond donors (Lipinski definition) is 0. The van der Waals surface area contributed by atoms with Crippen molar-refractivity contribution >= 4 is 11.4 Å². The average Bonchev–Trinajstić information content (AvgIpc) is 2.42. The Balaban J connectivity index is 0. The maximum absolute atomic E-state index is 2.29. The lowest BCUT2D eigenvalue weighted by Gasteiger charge is -2.28. The van der Waals surface area contributed by atoms with Crippen molar-refractivity contribution in [1.82, 2.24) is 0 Å². The minimum atomic E-state index is 0.524.